The topological polar surface area (TPSA) is 54.4 Å². The van der Waals surface area contributed by atoms with Gasteiger partial charge in [-0.3, -0.25) is 4.55 Å². The van der Waals surface area contributed by atoms with Crippen LogP contribution in [-0.2, 0) is 10.1 Å². The quantitative estimate of drug-likeness (QED) is 0.514. The molecule has 0 saturated heterocycles. The zero-order valence-electron chi connectivity index (χ0n) is 6.66. The first-order chi connectivity index (χ1) is 5.06. The molecule has 0 fully saturated rings. The zero-order valence-corrected chi connectivity index (χ0v) is 7.47. The second kappa shape index (κ2) is 5.32. The smallest absolute Gasteiger partial charge is 0.265 e. The summed E-state index contributed by atoms with van der Waals surface area (Å²) in [5, 5.41) is 0. The van der Waals surface area contributed by atoms with E-state index in [2.05, 4.69) is 0 Å². The van der Waals surface area contributed by atoms with Gasteiger partial charge < -0.3 is 0 Å². The van der Waals surface area contributed by atoms with Crippen molar-refractivity contribution in [2.75, 3.05) is 5.75 Å². The Balaban J connectivity index is 3.42. The van der Waals surface area contributed by atoms with Crippen LogP contribution >= 0.6 is 0 Å². The molecule has 0 heterocycles. The lowest BCUT2D eigenvalue weighted by Crippen LogP contribution is -2.01. The molecule has 0 saturated carbocycles. The van der Waals surface area contributed by atoms with Crippen molar-refractivity contribution < 1.29 is 13.0 Å². The molecule has 0 aliphatic carbocycles. The first-order valence-electron chi connectivity index (χ1n) is 3.66. The second-order valence-electron chi connectivity index (χ2n) is 2.33. The molecule has 0 aromatic carbocycles. The molecule has 0 unspecified atom stereocenters. The van der Waals surface area contributed by atoms with Crippen LogP contribution in [0.1, 0.15) is 26.2 Å². The summed E-state index contributed by atoms with van der Waals surface area (Å²) in [5.74, 6) is -0.173. The third-order valence-electron chi connectivity index (χ3n) is 1.16. The molecule has 0 radical (unpaired) electrons. The summed E-state index contributed by atoms with van der Waals surface area (Å²) in [7, 11) is -3.76. The van der Waals surface area contributed by atoms with Gasteiger partial charge in [-0.25, -0.2) is 0 Å². The Kier molecular flexibility index (Phi) is 5.15. The summed E-state index contributed by atoms with van der Waals surface area (Å²) < 4.78 is 28.7. The van der Waals surface area contributed by atoms with Crippen molar-refractivity contribution in [2.45, 2.75) is 26.2 Å². The number of hydrogen-bond acceptors (Lipinski definition) is 2. The van der Waals surface area contributed by atoms with Crippen LogP contribution in [-0.4, -0.2) is 18.7 Å². The predicted octanol–water partition coefficient (Wildman–Crippen LogP) is 1.62. The van der Waals surface area contributed by atoms with Gasteiger partial charge in [-0.15, -0.1) is 0 Å². The van der Waals surface area contributed by atoms with Gasteiger partial charge in [0.05, 0.1) is 5.75 Å². The van der Waals surface area contributed by atoms with E-state index < -0.39 is 10.1 Å². The Labute approximate surface area is 67.9 Å². The standard InChI is InChI=1S/C7H14O3S/c1-2-3-4-5-6-7-11(8,9)10/h4-5H,2-3,6-7H2,1H3,(H,8,9,10)/b5-4-. The van der Waals surface area contributed by atoms with Crippen molar-refractivity contribution in [1.29, 1.82) is 0 Å². The molecule has 0 rings (SSSR count). The molecule has 0 aliphatic heterocycles. The third kappa shape index (κ3) is 9.65. The predicted molar refractivity (Wildman–Crippen MR) is 45.1 cm³/mol. The molecule has 4 heteroatoms. The van der Waals surface area contributed by atoms with Crippen molar-refractivity contribution in [3.63, 3.8) is 0 Å². The normalized spacial score (nSPS) is 12.5. The lowest BCUT2D eigenvalue weighted by atomic mass is 10.3. The molecule has 0 spiro atoms. The molecular weight excluding hydrogens is 164 g/mol. The lowest BCUT2D eigenvalue weighted by Gasteiger charge is -1.90. The fourth-order valence-corrected chi connectivity index (χ4v) is 1.05. The van der Waals surface area contributed by atoms with Crippen molar-refractivity contribution in [3.8, 4) is 0 Å². The van der Waals surface area contributed by atoms with Crippen LogP contribution in [0, 0.1) is 0 Å². The molecule has 0 amide bonds. The Morgan fingerprint density at radius 3 is 2.27 bits per heavy atom. The van der Waals surface area contributed by atoms with Crippen LogP contribution in [0.4, 0.5) is 0 Å². The van der Waals surface area contributed by atoms with Gasteiger partial charge in [0.15, 0.2) is 0 Å². The lowest BCUT2D eigenvalue weighted by molar-refractivity contribution is 0.483. The van der Waals surface area contributed by atoms with Crippen LogP contribution < -0.4 is 0 Å². The van der Waals surface area contributed by atoms with Gasteiger partial charge in [-0.2, -0.15) is 8.42 Å². The van der Waals surface area contributed by atoms with E-state index in [1.54, 1.807) is 6.08 Å². The van der Waals surface area contributed by atoms with E-state index in [9.17, 15) is 8.42 Å². The van der Waals surface area contributed by atoms with E-state index in [0.29, 0.717) is 6.42 Å². The van der Waals surface area contributed by atoms with E-state index in [1.165, 1.54) is 0 Å². The number of rotatable bonds is 5. The van der Waals surface area contributed by atoms with Gasteiger partial charge in [0, 0.05) is 0 Å². The van der Waals surface area contributed by atoms with Gasteiger partial charge in [-0.1, -0.05) is 25.5 Å². The van der Waals surface area contributed by atoms with Crippen molar-refractivity contribution >= 4 is 10.1 Å². The van der Waals surface area contributed by atoms with Gasteiger partial charge in [0.25, 0.3) is 10.1 Å². The zero-order chi connectivity index (χ0) is 8.74. The summed E-state index contributed by atoms with van der Waals surface area (Å²) >= 11 is 0. The van der Waals surface area contributed by atoms with Gasteiger partial charge in [0.1, 0.15) is 0 Å². The largest absolute Gasteiger partial charge is 0.286 e. The Hall–Kier alpha value is -0.350. The molecule has 1 N–H and O–H groups in total. The Morgan fingerprint density at radius 2 is 1.82 bits per heavy atom. The van der Waals surface area contributed by atoms with Crippen LogP contribution in [0.3, 0.4) is 0 Å². The van der Waals surface area contributed by atoms with Gasteiger partial charge in [0.2, 0.25) is 0 Å². The Morgan fingerprint density at radius 1 is 1.27 bits per heavy atom. The van der Waals surface area contributed by atoms with E-state index in [-0.39, 0.29) is 5.75 Å². The van der Waals surface area contributed by atoms with Crippen molar-refractivity contribution in [1.82, 2.24) is 0 Å². The highest BCUT2D eigenvalue weighted by atomic mass is 32.2. The molecule has 3 nitrogen and oxygen atoms in total. The van der Waals surface area contributed by atoms with Gasteiger partial charge in [-0.05, 0) is 12.8 Å². The number of hydrogen-bond donors (Lipinski definition) is 1. The number of allylic oxidation sites excluding steroid dienone is 2. The highest BCUT2D eigenvalue weighted by Gasteiger charge is 1.99. The number of unbranched alkanes of at least 4 members (excludes halogenated alkanes) is 1. The maximum absolute atomic E-state index is 10.2. The first-order valence-corrected chi connectivity index (χ1v) is 5.27. The second-order valence-corrected chi connectivity index (χ2v) is 3.91. The molecule has 0 bridgehead atoms. The van der Waals surface area contributed by atoms with E-state index in [0.717, 1.165) is 12.8 Å². The minimum absolute atomic E-state index is 0.173. The first kappa shape index (κ1) is 10.7. The van der Waals surface area contributed by atoms with Crippen LogP contribution in [0.15, 0.2) is 12.2 Å². The highest BCUT2D eigenvalue weighted by Crippen LogP contribution is 1.93. The average molecular weight is 178 g/mol. The molecule has 11 heavy (non-hydrogen) atoms. The summed E-state index contributed by atoms with van der Waals surface area (Å²) in [5.41, 5.74) is 0. The summed E-state index contributed by atoms with van der Waals surface area (Å²) in [6.45, 7) is 2.05. The molecule has 66 valence electrons. The molecule has 0 aromatic heterocycles. The van der Waals surface area contributed by atoms with Gasteiger partial charge >= 0.3 is 0 Å². The molecule has 0 aliphatic rings. The third-order valence-corrected chi connectivity index (χ3v) is 1.92. The van der Waals surface area contributed by atoms with E-state index >= 15 is 0 Å². The summed E-state index contributed by atoms with van der Waals surface area (Å²) in [6, 6.07) is 0. The summed E-state index contributed by atoms with van der Waals surface area (Å²) in [6.07, 6.45) is 6.12. The van der Waals surface area contributed by atoms with Crippen LogP contribution in [0.25, 0.3) is 0 Å². The molecule has 0 atom stereocenters. The fraction of sp³-hybridized carbons (Fsp3) is 0.714. The highest BCUT2D eigenvalue weighted by molar-refractivity contribution is 7.85. The minimum atomic E-state index is -3.76. The average Bonchev–Trinajstić information content (AvgIpc) is 1.85. The molecule has 0 aromatic rings. The monoisotopic (exact) mass is 178 g/mol. The Bertz CT molecular complexity index is 204. The van der Waals surface area contributed by atoms with E-state index in [1.807, 2.05) is 13.0 Å². The molecular formula is C7H14O3S. The van der Waals surface area contributed by atoms with Crippen molar-refractivity contribution in [2.24, 2.45) is 0 Å². The van der Waals surface area contributed by atoms with Crippen molar-refractivity contribution in [3.05, 3.63) is 12.2 Å². The SMILES string of the molecule is CCC/C=C\CCS(=O)(=O)O. The minimum Gasteiger partial charge on any atom is -0.286 e. The fourth-order valence-electron chi connectivity index (χ4n) is 0.619. The van der Waals surface area contributed by atoms with E-state index in [4.69, 9.17) is 4.55 Å². The van der Waals surface area contributed by atoms with Crippen LogP contribution in [0.5, 0.6) is 0 Å². The maximum Gasteiger partial charge on any atom is 0.265 e. The maximum atomic E-state index is 10.2. The van der Waals surface area contributed by atoms with Crippen LogP contribution in [0.2, 0.25) is 0 Å². The summed E-state index contributed by atoms with van der Waals surface area (Å²) in [4.78, 5) is 0.